The minimum absolute atomic E-state index is 0.0195. The smallest absolute Gasteiger partial charge is 0.319 e. The lowest BCUT2D eigenvalue weighted by Crippen LogP contribution is -2.47. The zero-order valence-electron chi connectivity index (χ0n) is 19.9. The molecule has 1 N–H and O–H groups in total. The molecule has 1 aromatic heterocycles. The van der Waals surface area contributed by atoms with Crippen LogP contribution in [0.1, 0.15) is 56.0 Å². The summed E-state index contributed by atoms with van der Waals surface area (Å²) >= 11 is 0. The number of nitrogens with one attached hydrogen (secondary N) is 1. The predicted molar refractivity (Wildman–Crippen MR) is 125 cm³/mol. The van der Waals surface area contributed by atoms with E-state index in [1.54, 1.807) is 19.0 Å². The van der Waals surface area contributed by atoms with Crippen LogP contribution in [0.25, 0.3) is 5.69 Å². The first-order chi connectivity index (χ1) is 15.1. The topological polar surface area (TPSA) is 70.5 Å². The predicted octanol–water partition coefficient (Wildman–Crippen LogP) is 3.70. The lowest BCUT2D eigenvalue weighted by atomic mass is 9.74. The minimum Gasteiger partial charge on any atom is -0.349 e. The number of piperidine rings is 1. The number of carbonyl (C=O) groups excluding carboxylic acids is 2. The van der Waals surface area contributed by atoms with Crippen LogP contribution in [-0.2, 0) is 11.2 Å². The number of likely N-dealkylation sites (tertiary alicyclic amines) is 1. The molecule has 1 unspecified atom stereocenters. The number of benzene rings is 1. The van der Waals surface area contributed by atoms with Crippen molar-refractivity contribution in [3.63, 3.8) is 0 Å². The molecule has 0 radical (unpaired) electrons. The van der Waals surface area contributed by atoms with Crippen LogP contribution in [0, 0.1) is 18.3 Å². The van der Waals surface area contributed by atoms with Gasteiger partial charge in [-0.3, -0.25) is 4.79 Å². The van der Waals surface area contributed by atoms with E-state index in [-0.39, 0.29) is 29.3 Å². The normalized spacial score (nSPS) is 20.5. The highest BCUT2D eigenvalue weighted by atomic mass is 16.2. The molecular weight excluding hydrogens is 402 g/mol. The van der Waals surface area contributed by atoms with Crippen molar-refractivity contribution in [1.82, 2.24) is 24.9 Å². The second-order valence-corrected chi connectivity index (χ2v) is 10.3. The average Bonchev–Trinajstić information content (AvgIpc) is 3.16. The quantitative estimate of drug-likeness (QED) is 0.796. The van der Waals surface area contributed by atoms with Crippen molar-refractivity contribution in [1.29, 1.82) is 0 Å². The Morgan fingerprint density at radius 2 is 1.78 bits per heavy atom. The Balaban J connectivity index is 1.49. The van der Waals surface area contributed by atoms with Gasteiger partial charge in [0.1, 0.15) is 0 Å². The summed E-state index contributed by atoms with van der Waals surface area (Å²) in [5.74, 6) is 0.0422. The van der Waals surface area contributed by atoms with Crippen LogP contribution in [-0.4, -0.2) is 58.7 Å². The number of hydrogen-bond acceptors (Lipinski definition) is 3. The highest BCUT2D eigenvalue weighted by Gasteiger charge is 2.37. The first-order valence-electron chi connectivity index (χ1n) is 11.5. The van der Waals surface area contributed by atoms with Gasteiger partial charge in [0.05, 0.1) is 23.6 Å². The van der Waals surface area contributed by atoms with Crippen LogP contribution in [0.4, 0.5) is 4.79 Å². The molecule has 3 amide bonds. The van der Waals surface area contributed by atoms with Crippen LogP contribution in [0.15, 0.2) is 30.5 Å². The molecule has 2 aliphatic rings. The van der Waals surface area contributed by atoms with Crippen molar-refractivity contribution in [3.05, 3.63) is 47.3 Å². The number of fused-ring (bicyclic) bond motifs is 1. The van der Waals surface area contributed by atoms with Crippen LogP contribution in [0.3, 0.4) is 0 Å². The molecule has 0 saturated carbocycles. The zero-order chi connectivity index (χ0) is 23.0. The highest BCUT2D eigenvalue weighted by Crippen LogP contribution is 2.41. The highest BCUT2D eigenvalue weighted by molar-refractivity contribution is 5.80. The van der Waals surface area contributed by atoms with E-state index in [4.69, 9.17) is 5.10 Å². The fourth-order valence-corrected chi connectivity index (χ4v) is 4.99. The number of hydrogen-bond donors (Lipinski definition) is 1. The molecule has 7 nitrogen and oxygen atoms in total. The Morgan fingerprint density at radius 3 is 2.41 bits per heavy atom. The maximum absolute atomic E-state index is 13.2. The van der Waals surface area contributed by atoms with Crippen LogP contribution in [0.2, 0.25) is 0 Å². The number of rotatable bonds is 3. The number of nitrogens with zero attached hydrogens (tertiary/aromatic N) is 4. The molecule has 1 aliphatic heterocycles. The van der Waals surface area contributed by atoms with Crippen molar-refractivity contribution >= 4 is 11.9 Å². The third-order valence-corrected chi connectivity index (χ3v) is 6.79. The Bertz CT molecular complexity index is 984. The van der Waals surface area contributed by atoms with Gasteiger partial charge in [0.25, 0.3) is 0 Å². The van der Waals surface area contributed by atoms with Crippen molar-refractivity contribution < 1.29 is 9.59 Å². The third kappa shape index (κ3) is 4.52. The number of urea groups is 1. The van der Waals surface area contributed by atoms with Gasteiger partial charge < -0.3 is 15.1 Å². The molecule has 0 spiro atoms. The summed E-state index contributed by atoms with van der Waals surface area (Å²) in [6, 6.07) is 8.38. The van der Waals surface area contributed by atoms with E-state index in [2.05, 4.69) is 50.4 Å². The van der Waals surface area contributed by atoms with Crippen molar-refractivity contribution in [2.24, 2.45) is 11.3 Å². The molecule has 1 saturated heterocycles. The van der Waals surface area contributed by atoms with Gasteiger partial charge in [-0.15, -0.1) is 0 Å². The molecule has 1 atom stereocenters. The number of aromatic nitrogens is 2. The second kappa shape index (κ2) is 8.60. The largest absolute Gasteiger partial charge is 0.349 e. The Hall–Kier alpha value is -2.83. The lowest BCUT2D eigenvalue weighted by Gasteiger charge is -2.37. The molecule has 172 valence electrons. The van der Waals surface area contributed by atoms with Gasteiger partial charge in [-0.2, -0.15) is 5.10 Å². The van der Waals surface area contributed by atoms with E-state index >= 15 is 0 Å². The minimum atomic E-state index is -0.0538. The summed E-state index contributed by atoms with van der Waals surface area (Å²) in [5, 5.41) is 8.03. The fraction of sp³-hybridized carbons (Fsp3) is 0.560. The fourth-order valence-electron chi connectivity index (χ4n) is 4.99. The summed E-state index contributed by atoms with van der Waals surface area (Å²) < 4.78 is 2.03. The molecule has 32 heavy (non-hydrogen) atoms. The monoisotopic (exact) mass is 437 g/mol. The van der Waals surface area contributed by atoms with Gasteiger partial charge in [-0.05, 0) is 50.2 Å². The maximum Gasteiger partial charge on any atom is 0.319 e. The van der Waals surface area contributed by atoms with Crippen molar-refractivity contribution in [2.75, 3.05) is 27.2 Å². The Morgan fingerprint density at radius 1 is 1.12 bits per heavy atom. The van der Waals surface area contributed by atoms with E-state index < -0.39 is 0 Å². The lowest BCUT2D eigenvalue weighted by molar-refractivity contribution is -0.127. The molecule has 0 bridgehead atoms. The summed E-state index contributed by atoms with van der Waals surface area (Å²) in [4.78, 5) is 28.8. The van der Waals surface area contributed by atoms with E-state index in [0.717, 1.165) is 24.1 Å². The van der Waals surface area contributed by atoms with E-state index in [9.17, 15) is 9.59 Å². The Labute approximate surface area is 190 Å². The zero-order valence-corrected chi connectivity index (χ0v) is 19.9. The molecular formula is C25H35N5O2. The summed E-state index contributed by atoms with van der Waals surface area (Å²) in [7, 11) is 3.53. The van der Waals surface area contributed by atoms with Crippen LogP contribution in [0.5, 0.6) is 0 Å². The Kier molecular flexibility index (Phi) is 6.01. The number of carbonyl (C=O) groups is 2. The first-order valence-corrected chi connectivity index (χ1v) is 11.5. The van der Waals surface area contributed by atoms with Gasteiger partial charge in [-0.25, -0.2) is 9.48 Å². The number of amides is 3. The molecule has 1 aromatic carbocycles. The van der Waals surface area contributed by atoms with Crippen molar-refractivity contribution in [3.8, 4) is 5.69 Å². The average molecular weight is 438 g/mol. The van der Waals surface area contributed by atoms with E-state index in [1.807, 2.05) is 15.8 Å². The molecule has 1 fully saturated rings. The van der Waals surface area contributed by atoms with Gasteiger partial charge in [0.15, 0.2) is 0 Å². The first kappa shape index (κ1) is 22.4. The SMILES string of the molecule is Cc1ccc(-n2ncc3c2CC(C)(C)CC3NC(=O)C2CCN(C(=O)N(C)C)CC2)cc1. The summed E-state index contributed by atoms with van der Waals surface area (Å²) in [6.45, 7) is 7.85. The second-order valence-electron chi connectivity index (χ2n) is 10.3. The third-order valence-electron chi connectivity index (χ3n) is 6.79. The molecule has 2 aromatic rings. The van der Waals surface area contributed by atoms with Crippen molar-refractivity contribution in [2.45, 2.75) is 52.5 Å². The number of aryl methyl sites for hydroxylation is 1. The molecule has 7 heteroatoms. The standard InChI is InChI=1S/C25H35N5O2/c1-17-6-8-19(9-7-17)30-22-15-25(2,3)14-21(20(22)16-26-30)27-23(31)18-10-12-29(13-11-18)24(32)28(4)5/h6-9,16,18,21H,10-15H2,1-5H3,(H,27,31). The molecule has 1 aliphatic carbocycles. The maximum atomic E-state index is 13.2. The van der Waals surface area contributed by atoms with Crippen LogP contribution >= 0.6 is 0 Å². The van der Waals surface area contributed by atoms with Gasteiger partial charge in [-0.1, -0.05) is 31.5 Å². The summed E-state index contributed by atoms with van der Waals surface area (Å²) in [5.41, 5.74) is 4.64. The van der Waals surface area contributed by atoms with E-state index in [0.29, 0.717) is 25.9 Å². The van der Waals surface area contributed by atoms with Crippen LogP contribution < -0.4 is 5.32 Å². The van der Waals surface area contributed by atoms with E-state index in [1.165, 1.54) is 11.3 Å². The molecule has 2 heterocycles. The van der Waals surface area contributed by atoms with Gasteiger partial charge in [0.2, 0.25) is 5.91 Å². The van der Waals surface area contributed by atoms with Gasteiger partial charge in [0, 0.05) is 38.7 Å². The van der Waals surface area contributed by atoms with Gasteiger partial charge >= 0.3 is 6.03 Å². The summed E-state index contributed by atoms with van der Waals surface area (Å²) in [6.07, 6.45) is 5.15. The molecule has 4 rings (SSSR count).